The van der Waals surface area contributed by atoms with Crippen molar-refractivity contribution >= 4 is 15.9 Å². The van der Waals surface area contributed by atoms with Crippen molar-refractivity contribution in [3.05, 3.63) is 41.3 Å². The Morgan fingerprint density at radius 1 is 1.20 bits per heavy atom. The Kier molecular flexibility index (Phi) is 5.92. The monoisotopic (exact) mass is 445 g/mol. The molecule has 0 radical (unpaired) electrons. The third-order valence-electron chi connectivity index (χ3n) is 5.32. The van der Waals surface area contributed by atoms with Crippen molar-refractivity contribution in [3.63, 3.8) is 0 Å². The van der Waals surface area contributed by atoms with Gasteiger partial charge in [-0.1, -0.05) is 0 Å². The molecule has 3 rings (SSSR count). The van der Waals surface area contributed by atoms with E-state index in [4.69, 9.17) is 0 Å². The molecule has 30 heavy (non-hydrogen) atoms. The van der Waals surface area contributed by atoms with Gasteiger partial charge in [0.2, 0.25) is 10.0 Å². The molecule has 0 N–H and O–H groups in total. The fourth-order valence-electron chi connectivity index (χ4n) is 3.40. The van der Waals surface area contributed by atoms with Gasteiger partial charge in [0.15, 0.2) is 5.82 Å². The molecule has 1 aliphatic heterocycles. The standard InChI is InChI=1S/C18H22F3N5O3S/c1-12-15(11-23-26(12)16-5-4-13(10-22-16)18(19,20)21)17(27)25-8-6-14(7-9-25)24(2)30(3,28)29/h4-5,10-11,14H,6-9H2,1-3H3. The lowest BCUT2D eigenvalue weighted by atomic mass is 10.0. The van der Waals surface area contributed by atoms with Gasteiger partial charge in [-0.3, -0.25) is 4.79 Å². The largest absolute Gasteiger partial charge is 0.417 e. The van der Waals surface area contributed by atoms with Crippen LogP contribution in [0.15, 0.2) is 24.5 Å². The number of amides is 1. The number of hydrogen-bond donors (Lipinski definition) is 0. The Balaban J connectivity index is 1.73. The van der Waals surface area contributed by atoms with Gasteiger partial charge in [0.1, 0.15) is 0 Å². The topological polar surface area (TPSA) is 88.4 Å². The summed E-state index contributed by atoms with van der Waals surface area (Å²) in [6.45, 7) is 2.43. The van der Waals surface area contributed by atoms with Gasteiger partial charge in [-0.05, 0) is 31.9 Å². The smallest absolute Gasteiger partial charge is 0.338 e. The SMILES string of the molecule is Cc1c(C(=O)N2CCC(N(C)S(C)(=O)=O)CC2)cnn1-c1ccc(C(F)(F)F)cn1. The molecule has 0 aromatic carbocycles. The van der Waals surface area contributed by atoms with Gasteiger partial charge in [-0.15, -0.1) is 0 Å². The number of nitrogens with zero attached hydrogens (tertiary/aromatic N) is 5. The fourth-order valence-corrected chi connectivity index (χ4v) is 4.16. The molecule has 1 saturated heterocycles. The van der Waals surface area contributed by atoms with E-state index in [-0.39, 0.29) is 17.8 Å². The number of pyridine rings is 1. The molecule has 0 spiro atoms. The maximum Gasteiger partial charge on any atom is 0.417 e. The molecular formula is C18H22F3N5O3S. The molecule has 0 aliphatic carbocycles. The first-order chi connectivity index (χ1) is 13.9. The van der Waals surface area contributed by atoms with Gasteiger partial charge in [-0.2, -0.15) is 18.3 Å². The summed E-state index contributed by atoms with van der Waals surface area (Å²) in [5.74, 6) is -0.0841. The second-order valence-corrected chi connectivity index (χ2v) is 9.30. The minimum absolute atomic E-state index is 0.163. The highest BCUT2D eigenvalue weighted by atomic mass is 32.2. The molecule has 12 heteroatoms. The van der Waals surface area contributed by atoms with E-state index in [0.29, 0.717) is 37.2 Å². The summed E-state index contributed by atoms with van der Waals surface area (Å²) in [7, 11) is -1.77. The molecule has 0 bridgehead atoms. The minimum atomic E-state index is -4.48. The van der Waals surface area contributed by atoms with Crippen LogP contribution >= 0.6 is 0 Å². The lowest BCUT2D eigenvalue weighted by Gasteiger charge is -2.35. The second kappa shape index (κ2) is 7.99. The van der Waals surface area contributed by atoms with Crippen molar-refractivity contribution in [2.24, 2.45) is 0 Å². The van der Waals surface area contributed by atoms with Crippen LogP contribution in [0.25, 0.3) is 5.82 Å². The highest BCUT2D eigenvalue weighted by Crippen LogP contribution is 2.29. The molecule has 0 atom stereocenters. The molecule has 3 heterocycles. The van der Waals surface area contributed by atoms with E-state index in [9.17, 15) is 26.4 Å². The zero-order valence-corrected chi connectivity index (χ0v) is 17.5. The van der Waals surface area contributed by atoms with E-state index in [1.54, 1.807) is 11.8 Å². The molecule has 164 valence electrons. The van der Waals surface area contributed by atoms with Crippen molar-refractivity contribution in [3.8, 4) is 5.82 Å². The van der Waals surface area contributed by atoms with Crippen molar-refractivity contribution in [2.75, 3.05) is 26.4 Å². The van der Waals surface area contributed by atoms with E-state index in [1.165, 1.54) is 28.3 Å². The van der Waals surface area contributed by atoms with E-state index in [0.717, 1.165) is 18.5 Å². The number of sulfonamides is 1. The first kappa shape index (κ1) is 22.2. The minimum Gasteiger partial charge on any atom is -0.338 e. The summed E-state index contributed by atoms with van der Waals surface area (Å²) in [6.07, 6.45) is -0.209. The lowest BCUT2D eigenvalue weighted by molar-refractivity contribution is -0.137. The molecule has 8 nitrogen and oxygen atoms in total. The van der Waals surface area contributed by atoms with E-state index < -0.39 is 21.8 Å². The zero-order valence-electron chi connectivity index (χ0n) is 16.7. The third kappa shape index (κ3) is 4.48. The summed E-state index contributed by atoms with van der Waals surface area (Å²) in [5, 5.41) is 4.11. The van der Waals surface area contributed by atoms with Crippen LogP contribution in [0.3, 0.4) is 0 Å². The summed E-state index contributed by atoms with van der Waals surface area (Å²) < 4.78 is 64.2. The number of likely N-dealkylation sites (tertiary alicyclic amines) is 1. The van der Waals surface area contributed by atoms with Gasteiger partial charge in [0, 0.05) is 32.4 Å². The normalized spacial score (nSPS) is 16.3. The molecule has 1 aliphatic rings. The van der Waals surface area contributed by atoms with Crippen LogP contribution in [0.5, 0.6) is 0 Å². The summed E-state index contributed by atoms with van der Waals surface area (Å²) in [4.78, 5) is 18.3. The highest BCUT2D eigenvalue weighted by Gasteiger charge is 2.32. The molecule has 1 amide bonds. The van der Waals surface area contributed by atoms with Crippen LogP contribution in [0, 0.1) is 6.92 Å². The van der Waals surface area contributed by atoms with Gasteiger partial charge in [-0.25, -0.2) is 22.4 Å². The van der Waals surface area contributed by atoms with Gasteiger partial charge < -0.3 is 4.90 Å². The van der Waals surface area contributed by atoms with Gasteiger partial charge in [0.05, 0.1) is 29.3 Å². The number of halogens is 3. The third-order valence-corrected chi connectivity index (χ3v) is 6.67. The maximum atomic E-state index is 12.9. The van der Waals surface area contributed by atoms with Crippen LogP contribution in [0.1, 0.15) is 34.5 Å². The zero-order chi connectivity index (χ0) is 22.3. The Morgan fingerprint density at radius 3 is 2.33 bits per heavy atom. The first-order valence-corrected chi connectivity index (χ1v) is 11.0. The number of carbonyl (C=O) groups is 1. The average Bonchev–Trinajstić information content (AvgIpc) is 3.07. The van der Waals surface area contributed by atoms with Crippen molar-refractivity contribution < 1.29 is 26.4 Å². The van der Waals surface area contributed by atoms with Gasteiger partial charge >= 0.3 is 6.18 Å². The predicted octanol–water partition coefficient (Wildman–Crippen LogP) is 2.09. The van der Waals surface area contributed by atoms with Crippen LogP contribution in [0.4, 0.5) is 13.2 Å². The summed E-state index contributed by atoms with van der Waals surface area (Å²) in [5.41, 5.74) is -0.0801. The Labute approximate surface area is 172 Å². The molecule has 2 aromatic heterocycles. The highest BCUT2D eigenvalue weighted by molar-refractivity contribution is 7.88. The summed E-state index contributed by atoms with van der Waals surface area (Å²) >= 11 is 0. The number of piperidine rings is 1. The molecule has 2 aromatic rings. The number of alkyl halides is 3. The van der Waals surface area contributed by atoms with Crippen LogP contribution in [-0.2, 0) is 16.2 Å². The lowest BCUT2D eigenvalue weighted by Crippen LogP contribution is -2.47. The van der Waals surface area contributed by atoms with E-state index in [2.05, 4.69) is 10.1 Å². The Morgan fingerprint density at radius 2 is 1.83 bits per heavy atom. The Bertz CT molecular complexity index is 1030. The second-order valence-electron chi connectivity index (χ2n) is 7.26. The molecule has 0 saturated carbocycles. The molecule has 1 fully saturated rings. The van der Waals surface area contributed by atoms with Gasteiger partial charge in [0.25, 0.3) is 5.91 Å². The van der Waals surface area contributed by atoms with E-state index >= 15 is 0 Å². The Hall–Kier alpha value is -2.47. The van der Waals surface area contributed by atoms with Crippen LogP contribution in [0.2, 0.25) is 0 Å². The van der Waals surface area contributed by atoms with E-state index in [1.807, 2.05) is 0 Å². The van der Waals surface area contributed by atoms with Crippen LogP contribution < -0.4 is 0 Å². The number of rotatable bonds is 4. The number of aromatic nitrogens is 3. The first-order valence-electron chi connectivity index (χ1n) is 9.20. The van der Waals surface area contributed by atoms with Crippen molar-refractivity contribution in [1.29, 1.82) is 0 Å². The van der Waals surface area contributed by atoms with Crippen molar-refractivity contribution in [1.82, 2.24) is 24.0 Å². The number of carbonyl (C=O) groups excluding carboxylic acids is 1. The van der Waals surface area contributed by atoms with Crippen molar-refractivity contribution in [2.45, 2.75) is 32.0 Å². The summed E-state index contributed by atoms with van der Waals surface area (Å²) in [6, 6.07) is 1.95. The quantitative estimate of drug-likeness (QED) is 0.719. The predicted molar refractivity (Wildman–Crippen MR) is 103 cm³/mol. The molecular weight excluding hydrogens is 423 g/mol. The molecule has 0 unspecified atom stereocenters. The number of hydrogen-bond acceptors (Lipinski definition) is 5. The maximum absolute atomic E-state index is 12.9. The van der Waals surface area contributed by atoms with Crippen LogP contribution in [-0.4, -0.2) is 70.7 Å². The average molecular weight is 445 g/mol. The fraction of sp³-hybridized carbons (Fsp3) is 0.500.